The molecule has 0 spiro atoms. The van der Waals surface area contributed by atoms with Gasteiger partial charge in [-0.25, -0.2) is 0 Å². The second-order valence-electron chi connectivity index (χ2n) is 7.53. The van der Waals surface area contributed by atoms with Crippen LogP contribution in [0.2, 0.25) is 0 Å². The molecule has 0 aliphatic carbocycles. The molecule has 154 valence electrons. The number of carboxylic acid groups (broad SMARTS) is 1. The first-order valence-electron chi connectivity index (χ1n) is 10.1. The number of likely N-dealkylation sites (tertiary alicyclic amines) is 2. The maximum Gasteiger partial charge on any atom is 0.308 e. The molecule has 1 amide bonds. The molecular weight excluding hydrogens is 360 g/mol. The Labute approximate surface area is 166 Å². The van der Waals surface area contributed by atoms with E-state index in [4.69, 9.17) is 14.6 Å². The van der Waals surface area contributed by atoms with Gasteiger partial charge in [0.15, 0.2) is 11.5 Å². The van der Waals surface area contributed by atoms with Crippen LogP contribution in [0.1, 0.15) is 31.2 Å². The number of piperidine rings is 1. The average molecular weight is 390 g/mol. The number of carboxylic acids is 1. The summed E-state index contributed by atoms with van der Waals surface area (Å²) in [7, 11) is 1.62. The minimum absolute atomic E-state index is 0.0899. The van der Waals surface area contributed by atoms with Crippen molar-refractivity contribution in [1.82, 2.24) is 9.80 Å². The summed E-state index contributed by atoms with van der Waals surface area (Å²) in [6.07, 6.45) is 4.51. The number of rotatable bonds is 9. The molecule has 0 bridgehead atoms. The number of benzene rings is 1. The SMILES string of the molecule is COc1cccc(CCN2CC(C(=O)O)CC2=O)c1OCCN1CCCCC1. The molecule has 3 rings (SSSR count). The van der Waals surface area contributed by atoms with E-state index in [0.717, 1.165) is 30.9 Å². The van der Waals surface area contributed by atoms with Crippen molar-refractivity contribution in [3.05, 3.63) is 23.8 Å². The van der Waals surface area contributed by atoms with Crippen molar-refractivity contribution in [2.45, 2.75) is 32.1 Å². The molecule has 1 atom stereocenters. The van der Waals surface area contributed by atoms with Crippen LogP contribution in [0.15, 0.2) is 18.2 Å². The lowest BCUT2D eigenvalue weighted by atomic mass is 10.1. The van der Waals surface area contributed by atoms with Gasteiger partial charge in [0.25, 0.3) is 0 Å². The van der Waals surface area contributed by atoms with Crippen LogP contribution in [0.5, 0.6) is 11.5 Å². The van der Waals surface area contributed by atoms with Gasteiger partial charge in [0.05, 0.1) is 13.0 Å². The van der Waals surface area contributed by atoms with Crippen molar-refractivity contribution in [1.29, 1.82) is 0 Å². The Morgan fingerprint density at radius 3 is 2.68 bits per heavy atom. The molecule has 0 radical (unpaired) electrons. The number of hydrogen-bond acceptors (Lipinski definition) is 5. The largest absolute Gasteiger partial charge is 0.493 e. The summed E-state index contributed by atoms with van der Waals surface area (Å²) >= 11 is 0. The fourth-order valence-corrected chi connectivity index (χ4v) is 3.95. The van der Waals surface area contributed by atoms with E-state index in [1.807, 2.05) is 18.2 Å². The van der Waals surface area contributed by atoms with Crippen LogP contribution in [0.25, 0.3) is 0 Å². The first-order chi connectivity index (χ1) is 13.6. The topological polar surface area (TPSA) is 79.3 Å². The van der Waals surface area contributed by atoms with Crippen molar-refractivity contribution < 1.29 is 24.2 Å². The third kappa shape index (κ3) is 5.16. The summed E-state index contributed by atoms with van der Waals surface area (Å²) in [4.78, 5) is 27.3. The van der Waals surface area contributed by atoms with E-state index in [1.54, 1.807) is 12.0 Å². The highest BCUT2D eigenvalue weighted by atomic mass is 16.5. The van der Waals surface area contributed by atoms with Crippen molar-refractivity contribution >= 4 is 11.9 Å². The Morgan fingerprint density at radius 1 is 1.21 bits per heavy atom. The number of amides is 1. The van der Waals surface area contributed by atoms with E-state index in [2.05, 4.69) is 4.90 Å². The first-order valence-corrected chi connectivity index (χ1v) is 10.1. The van der Waals surface area contributed by atoms with Gasteiger partial charge in [0.1, 0.15) is 6.61 Å². The minimum Gasteiger partial charge on any atom is -0.493 e. The van der Waals surface area contributed by atoms with Gasteiger partial charge in [-0.05, 0) is 44.0 Å². The van der Waals surface area contributed by atoms with Crippen LogP contribution >= 0.6 is 0 Å². The third-order valence-electron chi connectivity index (χ3n) is 5.60. The molecule has 1 N–H and O–H groups in total. The zero-order chi connectivity index (χ0) is 19.9. The summed E-state index contributed by atoms with van der Waals surface area (Å²) in [6, 6.07) is 5.77. The number of para-hydroxylation sites is 1. The Morgan fingerprint density at radius 2 is 2.00 bits per heavy atom. The summed E-state index contributed by atoms with van der Waals surface area (Å²) < 4.78 is 11.6. The standard InChI is InChI=1S/C21H30N2O5/c1-27-18-7-5-6-16(8-11-23-15-17(21(25)26)14-19(23)24)20(18)28-13-12-22-9-3-2-4-10-22/h5-7,17H,2-4,8-15H2,1H3,(H,25,26). The van der Waals surface area contributed by atoms with Gasteiger partial charge < -0.3 is 19.5 Å². The minimum atomic E-state index is -0.904. The number of nitrogens with zero attached hydrogens (tertiary/aromatic N) is 2. The van der Waals surface area contributed by atoms with Crippen LogP contribution in [0, 0.1) is 5.92 Å². The molecule has 0 saturated carbocycles. The molecule has 7 nitrogen and oxygen atoms in total. The molecule has 2 fully saturated rings. The smallest absolute Gasteiger partial charge is 0.308 e. The van der Waals surface area contributed by atoms with Crippen molar-refractivity contribution in [3.8, 4) is 11.5 Å². The molecule has 1 aromatic rings. The number of carbonyl (C=O) groups excluding carboxylic acids is 1. The molecule has 2 heterocycles. The van der Waals surface area contributed by atoms with E-state index < -0.39 is 11.9 Å². The van der Waals surface area contributed by atoms with Crippen molar-refractivity contribution in [3.63, 3.8) is 0 Å². The predicted molar refractivity (Wildman–Crippen MR) is 105 cm³/mol. The summed E-state index contributed by atoms with van der Waals surface area (Å²) in [5, 5.41) is 9.13. The van der Waals surface area contributed by atoms with Gasteiger partial charge >= 0.3 is 5.97 Å². The molecule has 28 heavy (non-hydrogen) atoms. The lowest BCUT2D eigenvalue weighted by Crippen LogP contribution is -2.33. The molecule has 1 aromatic carbocycles. The Hall–Kier alpha value is -2.28. The number of aliphatic carboxylic acids is 1. The van der Waals surface area contributed by atoms with Crippen molar-refractivity contribution in [2.75, 3.05) is 46.4 Å². The Kier molecular flexibility index (Phi) is 7.14. The highest BCUT2D eigenvalue weighted by molar-refractivity contribution is 5.86. The van der Waals surface area contributed by atoms with E-state index in [-0.39, 0.29) is 18.9 Å². The monoisotopic (exact) mass is 390 g/mol. The van der Waals surface area contributed by atoms with Gasteiger partial charge in [-0.15, -0.1) is 0 Å². The number of carbonyl (C=O) groups is 2. The van der Waals surface area contributed by atoms with E-state index in [1.165, 1.54) is 19.3 Å². The molecule has 2 aliphatic rings. The van der Waals surface area contributed by atoms with Gasteiger partial charge in [-0.1, -0.05) is 18.6 Å². The lowest BCUT2D eigenvalue weighted by Gasteiger charge is -2.26. The summed E-state index contributed by atoms with van der Waals surface area (Å²) in [5.41, 5.74) is 0.976. The summed E-state index contributed by atoms with van der Waals surface area (Å²) in [6.45, 7) is 4.51. The normalized spacial score (nSPS) is 20.4. The van der Waals surface area contributed by atoms with E-state index >= 15 is 0 Å². The van der Waals surface area contributed by atoms with E-state index in [9.17, 15) is 9.59 Å². The van der Waals surface area contributed by atoms with Crippen LogP contribution in [-0.2, 0) is 16.0 Å². The van der Waals surface area contributed by atoms with Gasteiger partial charge in [-0.3, -0.25) is 14.5 Å². The fourth-order valence-electron chi connectivity index (χ4n) is 3.95. The quantitative estimate of drug-likeness (QED) is 0.695. The molecule has 7 heteroatoms. The van der Waals surface area contributed by atoms with Gasteiger partial charge in [0.2, 0.25) is 5.91 Å². The predicted octanol–water partition coefficient (Wildman–Crippen LogP) is 2.04. The van der Waals surface area contributed by atoms with Gasteiger partial charge in [0, 0.05) is 26.1 Å². The second kappa shape index (κ2) is 9.78. The molecule has 2 saturated heterocycles. The van der Waals surface area contributed by atoms with Gasteiger partial charge in [-0.2, -0.15) is 0 Å². The lowest BCUT2D eigenvalue weighted by molar-refractivity contribution is -0.141. The third-order valence-corrected chi connectivity index (χ3v) is 5.60. The highest BCUT2D eigenvalue weighted by Crippen LogP contribution is 2.32. The number of hydrogen-bond donors (Lipinski definition) is 1. The summed E-state index contributed by atoms with van der Waals surface area (Å²) in [5.74, 6) is -0.185. The molecule has 0 aromatic heterocycles. The Balaban J connectivity index is 1.59. The zero-order valence-corrected chi connectivity index (χ0v) is 16.6. The average Bonchev–Trinajstić information content (AvgIpc) is 3.08. The second-order valence-corrected chi connectivity index (χ2v) is 7.53. The number of ether oxygens (including phenoxy) is 2. The Bertz CT molecular complexity index is 687. The molecular formula is C21H30N2O5. The maximum absolute atomic E-state index is 12.1. The fraction of sp³-hybridized carbons (Fsp3) is 0.619. The van der Waals surface area contributed by atoms with Crippen molar-refractivity contribution in [2.24, 2.45) is 5.92 Å². The van der Waals surface area contributed by atoms with Crippen LogP contribution in [0.3, 0.4) is 0 Å². The van der Waals surface area contributed by atoms with E-state index in [0.29, 0.717) is 25.3 Å². The van der Waals surface area contributed by atoms with Crippen LogP contribution in [-0.4, -0.2) is 73.2 Å². The van der Waals surface area contributed by atoms with Crippen LogP contribution < -0.4 is 9.47 Å². The molecule has 1 unspecified atom stereocenters. The number of methoxy groups -OCH3 is 1. The molecule has 2 aliphatic heterocycles. The zero-order valence-electron chi connectivity index (χ0n) is 16.6. The highest BCUT2D eigenvalue weighted by Gasteiger charge is 2.34. The van der Waals surface area contributed by atoms with Crippen LogP contribution in [0.4, 0.5) is 0 Å². The first kappa shape index (κ1) is 20.5. The maximum atomic E-state index is 12.1.